The van der Waals surface area contributed by atoms with Gasteiger partial charge in [-0.2, -0.15) is 0 Å². The Bertz CT molecular complexity index is 859. The number of furan rings is 1. The van der Waals surface area contributed by atoms with Crippen LogP contribution in [0.15, 0.2) is 34.5 Å². The number of carbonyl (C=O) groups excluding carboxylic acids is 3. The molecule has 0 radical (unpaired) electrons. The third-order valence-corrected chi connectivity index (χ3v) is 4.19. The van der Waals surface area contributed by atoms with E-state index >= 15 is 0 Å². The monoisotopic (exact) mass is 327 g/mol. The molecule has 0 aromatic carbocycles. The summed E-state index contributed by atoms with van der Waals surface area (Å²) < 4.78 is 7.13. The number of nitrogens with zero attached hydrogens (tertiary/aromatic N) is 2. The molecule has 24 heavy (non-hydrogen) atoms. The van der Waals surface area contributed by atoms with Crippen LogP contribution in [0.4, 0.5) is 4.79 Å². The van der Waals surface area contributed by atoms with Gasteiger partial charge in [0.2, 0.25) is 0 Å². The van der Waals surface area contributed by atoms with Crippen LogP contribution in [-0.4, -0.2) is 27.3 Å². The van der Waals surface area contributed by atoms with Crippen LogP contribution in [0.5, 0.6) is 0 Å². The van der Waals surface area contributed by atoms with Gasteiger partial charge in [0.15, 0.2) is 0 Å². The Morgan fingerprint density at radius 1 is 1.25 bits per heavy atom. The Hall–Kier alpha value is -3.09. The zero-order chi connectivity index (χ0) is 17.4. The molecule has 4 amide bonds. The fourth-order valence-corrected chi connectivity index (χ4v) is 2.58. The molecule has 2 aromatic rings. The van der Waals surface area contributed by atoms with Crippen LogP contribution < -0.4 is 5.32 Å². The van der Waals surface area contributed by atoms with Crippen molar-refractivity contribution in [3.05, 3.63) is 52.7 Å². The van der Waals surface area contributed by atoms with Gasteiger partial charge in [0.25, 0.3) is 11.8 Å². The minimum atomic E-state index is -0.750. The zero-order valence-electron chi connectivity index (χ0n) is 13.6. The number of hydrogen-bond donors (Lipinski definition) is 1. The highest BCUT2D eigenvalue weighted by molar-refractivity contribution is 6.30. The number of carbonyl (C=O) groups is 3. The summed E-state index contributed by atoms with van der Waals surface area (Å²) in [5, 5.41) is 2.19. The lowest BCUT2D eigenvalue weighted by molar-refractivity contribution is -0.130. The highest BCUT2D eigenvalue weighted by Crippen LogP contribution is 2.20. The predicted molar refractivity (Wildman–Crippen MR) is 85.7 cm³/mol. The minimum Gasteiger partial charge on any atom is -0.467 e. The Morgan fingerprint density at radius 2 is 2.00 bits per heavy atom. The molecule has 1 aliphatic rings. The SMILES string of the molecule is Cc1cc(/C=C2/C(=O)NC(=O)N(Cc3ccco3)C2=O)c(C)n1C. The van der Waals surface area contributed by atoms with Crippen molar-refractivity contribution < 1.29 is 18.8 Å². The first-order valence-corrected chi connectivity index (χ1v) is 7.42. The largest absolute Gasteiger partial charge is 0.467 e. The Labute approximate surface area is 138 Å². The summed E-state index contributed by atoms with van der Waals surface area (Å²) in [6.45, 7) is 3.80. The average molecular weight is 327 g/mol. The van der Waals surface area contributed by atoms with Gasteiger partial charge in [0.1, 0.15) is 11.3 Å². The second-order valence-corrected chi connectivity index (χ2v) is 5.67. The number of barbiturate groups is 1. The van der Waals surface area contributed by atoms with Crippen LogP contribution in [0.1, 0.15) is 22.7 Å². The molecule has 7 nitrogen and oxygen atoms in total. The molecule has 3 rings (SSSR count). The molecule has 2 aromatic heterocycles. The van der Waals surface area contributed by atoms with E-state index in [9.17, 15) is 14.4 Å². The Kier molecular flexibility index (Phi) is 3.84. The zero-order valence-corrected chi connectivity index (χ0v) is 13.6. The van der Waals surface area contributed by atoms with Crippen molar-refractivity contribution in [2.75, 3.05) is 0 Å². The quantitative estimate of drug-likeness (QED) is 0.689. The van der Waals surface area contributed by atoms with Crippen molar-refractivity contribution in [3.8, 4) is 0 Å². The maximum atomic E-state index is 12.6. The van der Waals surface area contributed by atoms with Gasteiger partial charge in [-0.25, -0.2) is 4.79 Å². The van der Waals surface area contributed by atoms with Crippen LogP contribution >= 0.6 is 0 Å². The normalized spacial score (nSPS) is 16.9. The Balaban J connectivity index is 1.96. The number of amides is 4. The third kappa shape index (κ3) is 2.64. The lowest BCUT2D eigenvalue weighted by Gasteiger charge is -2.25. The van der Waals surface area contributed by atoms with Gasteiger partial charge >= 0.3 is 6.03 Å². The molecule has 0 aliphatic carbocycles. The minimum absolute atomic E-state index is 0.0327. The highest BCUT2D eigenvalue weighted by Gasteiger charge is 2.36. The number of aryl methyl sites for hydroxylation is 1. The van der Waals surface area contributed by atoms with E-state index in [4.69, 9.17) is 4.42 Å². The van der Waals surface area contributed by atoms with Crippen molar-refractivity contribution in [1.82, 2.24) is 14.8 Å². The standard InChI is InChI=1S/C17H17N3O4/c1-10-7-12(11(2)19(10)3)8-14-15(21)18-17(23)20(16(14)22)9-13-5-4-6-24-13/h4-8H,9H2,1-3H3,(H,18,21,23)/b14-8-. The fraction of sp³-hybridized carbons (Fsp3) is 0.235. The summed E-state index contributed by atoms with van der Waals surface area (Å²) in [4.78, 5) is 37.6. The molecule has 7 heteroatoms. The molecular weight excluding hydrogens is 310 g/mol. The van der Waals surface area contributed by atoms with E-state index in [2.05, 4.69) is 5.32 Å². The van der Waals surface area contributed by atoms with Gasteiger partial charge in [-0.1, -0.05) is 0 Å². The number of aromatic nitrogens is 1. The molecule has 0 saturated carbocycles. The van der Waals surface area contributed by atoms with E-state index in [1.54, 1.807) is 12.1 Å². The van der Waals surface area contributed by atoms with Crippen molar-refractivity contribution in [2.24, 2.45) is 7.05 Å². The van der Waals surface area contributed by atoms with Crippen LogP contribution in [0.25, 0.3) is 6.08 Å². The fourth-order valence-electron chi connectivity index (χ4n) is 2.58. The van der Waals surface area contributed by atoms with Crippen LogP contribution in [0, 0.1) is 13.8 Å². The van der Waals surface area contributed by atoms with E-state index in [1.165, 1.54) is 12.3 Å². The number of imide groups is 2. The van der Waals surface area contributed by atoms with Gasteiger partial charge in [0, 0.05) is 18.4 Å². The number of nitrogens with one attached hydrogen (secondary N) is 1. The summed E-state index contributed by atoms with van der Waals surface area (Å²) in [6.07, 6.45) is 2.97. The topological polar surface area (TPSA) is 84.6 Å². The van der Waals surface area contributed by atoms with E-state index in [-0.39, 0.29) is 12.1 Å². The van der Waals surface area contributed by atoms with E-state index in [0.29, 0.717) is 5.76 Å². The van der Waals surface area contributed by atoms with Crippen molar-refractivity contribution in [1.29, 1.82) is 0 Å². The summed E-state index contributed by atoms with van der Waals surface area (Å²) in [7, 11) is 1.90. The van der Waals surface area contributed by atoms with Gasteiger partial charge < -0.3 is 8.98 Å². The molecule has 1 fully saturated rings. The summed E-state index contributed by atoms with van der Waals surface area (Å²) in [5.41, 5.74) is 2.62. The van der Waals surface area contributed by atoms with Gasteiger partial charge in [-0.3, -0.25) is 19.8 Å². The molecule has 1 saturated heterocycles. The van der Waals surface area contributed by atoms with E-state index in [0.717, 1.165) is 21.9 Å². The molecular formula is C17H17N3O4. The van der Waals surface area contributed by atoms with Gasteiger partial charge in [-0.05, 0) is 43.7 Å². The molecule has 0 atom stereocenters. The molecule has 0 bridgehead atoms. The van der Waals surface area contributed by atoms with Crippen LogP contribution in [-0.2, 0) is 23.2 Å². The van der Waals surface area contributed by atoms with Gasteiger partial charge in [0.05, 0.1) is 12.8 Å². The molecule has 1 N–H and O–H groups in total. The lowest BCUT2D eigenvalue weighted by Crippen LogP contribution is -2.53. The first kappa shape index (κ1) is 15.8. The smallest absolute Gasteiger partial charge is 0.331 e. The first-order valence-electron chi connectivity index (χ1n) is 7.42. The summed E-state index contributed by atoms with van der Waals surface area (Å²) in [5.74, 6) is -0.874. The van der Waals surface area contributed by atoms with Crippen molar-refractivity contribution >= 4 is 23.9 Å². The number of hydrogen-bond acceptors (Lipinski definition) is 4. The van der Waals surface area contributed by atoms with Crippen LogP contribution in [0.3, 0.4) is 0 Å². The summed E-state index contributed by atoms with van der Waals surface area (Å²) >= 11 is 0. The molecule has 0 unspecified atom stereocenters. The molecule has 0 spiro atoms. The molecule has 124 valence electrons. The molecule has 1 aliphatic heterocycles. The van der Waals surface area contributed by atoms with Crippen LogP contribution in [0.2, 0.25) is 0 Å². The van der Waals surface area contributed by atoms with Crippen molar-refractivity contribution in [3.63, 3.8) is 0 Å². The van der Waals surface area contributed by atoms with E-state index in [1.807, 2.05) is 31.5 Å². The number of urea groups is 1. The van der Waals surface area contributed by atoms with Crippen molar-refractivity contribution in [2.45, 2.75) is 20.4 Å². The maximum absolute atomic E-state index is 12.6. The van der Waals surface area contributed by atoms with Gasteiger partial charge in [-0.15, -0.1) is 0 Å². The first-order chi connectivity index (χ1) is 11.4. The lowest BCUT2D eigenvalue weighted by atomic mass is 10.1. The second kappa shape index (κ2) is 5.84. The predicted octanol–water partition coefficient (Wildman–Crippen LogP) is 1.90. The average Bonchev–Trinajstić information content (AvgIpc) is 3.13. The Morgan fingerprint density at radius 3 is 2.58 bits per heavy atom. The second-order valence-electron chi connectivity index (χ2n) is 5.67. The summed E-state index contributed by atoms with van der Waals surface area (Å²) in [6, 6.07) is 4.46. The van der Waals surface area contributed by atoms with E-state index < -0.39 is 17.8 Å². The maximum Gasteiger partial charge on any atom is 0.331 e. The number of rotatable bonds is 3. The third-order valence-electron chi connectivity index (χ3n) is 4.19. The highest BCUT2D eigenvalue weighted by atomic mass is 16.3. The molecule has 3 heterocycles.